The maximum Gasteiger partial charge on any atom is 0.222 e. The maximum absolute atomic E-state index is 12.2. The van der Waals surface area contributed by atoms with Crippen LogP contribution in [0.3, 0.4) is 0 Å². The van der Waals surface area contributed by atoms with E-state index in [4.69, 9.17) is 0 Å². The molecule has 1 rings (SSSR count). The van der Waals surface area contributed by atoms with Crippen LogP contribution >= 0.6 is 0 Å². The van der Waals surface area contributed by atoms with Gasteiger partial charge in [-0.2, -0.15) is 0 Å². The highest BCUT2D eigenvalue weighted by Gasteiger charge is 2.14. The average Bonchev–Trinajstić information content (AvgIpc) is 2.24. The third-order valence-corrected chi connectivity index (χ3v) is 3.02. The van der Waals surface area contributed by atoms with Crippen LogP contribution in [0.5, 0.6) is 0 Å². The first kappa shape index (κ1) is 14.4. The molecule has 0 atom stereocenters. The lowest BCUT2D eigenvalue weighted by Gasteiger charge is -2.12. The zero-order chi connectivity index (χ0) is 13.9. The Morgan fingerprint density at radius 3 is 1.94 bits per heavy atom. The van der Waals surface area contributed by atoms with Crippen molar-refractivity contribution < 1.29 is 9.59 Å². The number of Topliss-reactive ketones (excluding diaryl/α,β-unsaturated/α-hetero) is 1. The van der Waals surface area contributed by atoms with Crippen LogP contribution in [0.15, 0.2) is 12.1 Å². The zero-order valence-electron chi connectivity index (χ0n) is 11.8. The summed E-state index contributed by atoms with van der Waals surface area (Å²) in [5.41, 5.74) is 3.92. The average molecular weight is 247 g/mol. The molecule has 98 valence electrons. The molecular formula is C15H21NO2. The first-order valence-corrected chi connectivity index (χ1v) is 6.14. The number of nitrogens with zero attached hydrogens (tertiary/aromatic N) is 1. The minimum Gasteiger partial charge on any atom is -0.349 e. The van der Waals surface area contributed by atoms with Crippen LogP contribution in [0.1, 0.15) is 39.9 Å². The van der Waals surface area contributed by atoms with E-state index in [9.17, 15) is 9.59 Å². The summed E-state index contributed by atoms with van der Waals surface area (Å²) in [7, 11) is 3.41. The number of hydrogen-bond donors (Lipinski definition) is 0. The molecule has 1 amide bonds. The van der Waals surface area contributed by atoms with Gasteiger partial charge in [0.1, 0.15) is 0 Å². The first-order valence-electron chi connectivity index (χ1n) is 6.14. The molecule has 0 aromatic heterocycles. The Hall–Kier alpha value is -1.64. The van der Waals surface area contributed by atoms with Gasteiger partial charge in [0.2, 0.25) is 5.91 Å². The molecule has 0 radical (unpaired) electrons. The fourth-order valence-corrected chi connectivity index (χ4v) is 2.19. The summed E-state index contributed by atoms with van der Waals surface area (Å²) >= 11 is 0. The highest BCUT2D eigenvalue weighted by atomic mass is 16.2. The van der Waals surface area contributed by atoms with Crippen molar-refractivity contribution >= 4 is 11.7 Å². The van der Waals surface area contributed by atoms with E-state index in [-0.39, 0.29) is 24.5 Å². The summed E-state index contributed by atoms with van der Waals surface area (Å²) in [5.74, 6) is 0.0472. The second-order valence-corrected chi connectivity index (χ2v) is 4.99. The molecule has 0 saturated heterocycles. The van der Waals surface area contributed by atoms with Crippen molar-refractivity contribution in [3.63, 3.8) is 0 Å². The van der Waals surface area contributed by atoms with E-state index in [1.54, 1.807) is 14.1 Å². The predicted octanol–water partition coefficient (Wildman–Crippen LogP) is 2.66. The summed E-state index contributed by atoms with van der Waals surface area (Å²) in [6.07, 6.45) is 0.556. The summed E-state index contributed by atoms with van der Waals surface area (Å²) in [5, 5.41) is 0. The lowest BCUT2D eigenvalue weighted by atomic mass is 9.94. The van der Waals surface area contributed by atoms with Gasteiger partial charge < -0.3 is 4.90 Å². The lowest BCUT2D eigenvalue weighted by Crippen LogP contribution is -2.22. The fourth-order valence-electron chi connectivity index (χ4n) is 2.19. The lowest BCUT2D eigenvalue weighted by molar-refractivity contribution is -0.128. The Morgan fingerprint density at radius 2 is 1.50 bits per heavy atom. The summed E-state index contributed by atoms with van der Waals surface area (Å²) in [6, 6.07) is 4.02. The molecule has 3 nitrogen and oxygen atoms in total. The van der Waals surface area contributed by atoms with Crippen molar-refractivity contribution in [1.82, 2.24) is 4.90 Å². The minimum atomic E-state index is -0.00855. The Morgan fingerprint density at radius 1 is 1.00 bits per heavy atom. The van der Waals surface area contributed by atoms with E-state index in [1.807, 2.05) is 32.9 Å². The van der Waals surface area contributed by atoms with Crippen LogP contribution in [0.4, 0.5) is 0 Å². The molecule has 18 heavy (non-hydrogen) atoms. The van der Waals surface area contributed by atoms with Gasteiger partial charge >= 0.3 is 0 Å². The van der Waals surface area contributed by atoms with Gasteiger partial charge in [-0.3, -0.25) is 9.59 Å². The van der Waals surface area contributed by atoms with Crippen molar-refractivity contribution in [3.8, 4) is 0 Å². The number of rotatable bonds is 4. The molecule has 0 spiro atoms. The third-order valence-electron chi connectivity index (χ3n) is 3.02. The Balaban J connectivity index is 2.83. The SMILES string of the molecule is Cc1cc(C)c(C(=O)CCC(=O)N(C)C)c(C)c1. The van der Waals surface area contributed by atoms with E-state index in [0.717, 1.165) is 22.3 Å². The van der Waals surface area contributed by atoms with E-state index < -0.39 is 0 Å². The molecule has 0 saturated carbocycles. The number of aryl methyl sites for hydroxylation is 3. The number of benzene rings is 1. The molecule has 0 N–H and O–H groups in total. The van der Waals surface area contributed by atoms with Gasteiger partial charge in [-0.1, -0.05) is 17.7 Å². The molecule has 3 heteroatoms. The van der Waals surface area contributed by atoms with Crippen molar-refractivity contribution in [2.75, 3.05) is 14.1 Å². The largest absolute Gasteiger partial charge is 0.349 e. The molecule has 0 bridgehead atoms. The molecule has 1 aromatic rings. The van der Waals surface area contributed by atoms with Crippen molar-refractivity contribution in [1.29, 1.82) is 0 Å². The Bertz CT molecular complexity index is 452. The summed E-state index contributed by atoms with van der Waals surface area (Å²) in [4.78, 5) is 25.1. The van der Waals surface area contributed by atoms with Gasteiger partial charge in [0.25, 0.3) is 0 Å². The molecule has 1 aromatic carbocycles. The predicted molar refractivity (Wildman–Crippen MR) is 72.9 cm³/mol. The number of carbonyl (C=O) groups excluding carboxylic acids is 2. The Kier molecular flexibility index (Phi) is 4.65. The molecule has 0 fully saturated rings. The zero-order valence-corrected chi connectivity index (χ0v) is 11.8. The summed E-state index contributed by atoms with van der Waals surface area (Å²) < 4.78 is 0. The quantitative estimate of drug-likeness (QED) is 0.767. The van der Waals surface area contributed by atoms with Crippen LogP contribution < -0.4 is 0 Å². The highest BCUT2D eigenvalue weighted by Crippen LogP contribution is 2.18. The van der Waals surface area contributed by atoms with Crippen LogP contribution in [-0.4, -0.2) is 30.7 Å². The molecule has 0 aliphatic heterocycles. The maximum atomic E-state index is 12.2. The van der Waals surface area contributed by atoms with E-state index >= 15 is 0 Å². The van der Waals surface area contributed by atoms with Crippen LogP contribution in [0.25, 0.3) is 0 Å². The van der Waals surface area contributed by atoms with E-state index in [2.05, 4.69) is 0 Å². The number of amides is 1. The van der Waals surface area contributed by atoms with Gasteiger partial charge in [-0.25, -0.2) is 0 Å². The second kappa shape index (κ2) is 5.80. The molecule has 0 unspecified atom stereocenters. The molecule has 0 aliphatic rings. The first-order chi connectivity index (χ1) is 8.32. The normalized spacial score (nSPS) is 10.3. The van der Waals surface area contributed by atoms with Crippen LogP contribution in [0, 0.1) is 20.8 Å². The van der Waals surface area contributed by atoms with Gasteiger partial charge in [0.05, 0.1) is 0 Å². The number of ketones is 1. The minimum absolute atomic E-state index is 0.00855. The molecular weight excluding hydrogens is 226 g/mol. The van der Waals surface area contributed by atoms with Gasteiger partial charge in [0, 0.05) is 32.5 Å². The number of hydrogen-bond acceptors (Lipinski definition) is 2. The van der Waals surface area contributed by atoms with E-state index in [1.165, 1.54) is 4.90 Å². The van der Waals surface area contributed by atoms with Gasteiger partial charge in [-0.15, -0.1) is 0 Å². The van der Waals surface area contributed by atoms with Crippen LogP contribution in [0.2, 0.25) is 0 Å². The third kappa shape index (κ3) is 3.42. The number of carbonyl (C=O) groups is 2. The van der Waals surface area contributed by atoms with Gasteiger partial charge in [-0.05, 0) is 31.9 Å². The van der Waals surface area contributed by atoms with Crippen molar-refractivity contribution in [3.05, 3.63) is 34.4 Å². The molecule has 0 aliphatic carbocycles. The standard InChI is InChI=1S/C15H21NO2/c1-10-8-11(2)15(12(3)9-10)13(17)6-7-14(18)16(4)5/h8-9H,6-7H2,1-5H3. The van der Waals surface area contributed by atoms with Crippen LogP contribution in [-0.2, 0) is 4.79 Å². The molecule has 0 heterocycles. The monoisotopic (exact) mass is 247 g/mol. The second-order valence-electron chi connectivity index (χ2n) is 4.99. The van der Waals surface area contributed by atoms with Crippen molar-refractivity contribution in [2.45, 2.75) is 33.6 Å². The highest BCUT2D eigenvalue weighted by molar-refractivity contribution is 6.00. The van der Waals surface area contributed by atoms with Crippen molar-refractivity contribution in [2.24, 2.45) is 0 Å². The smallest absolute Gasteiger partial charge is 0.222 e. The van der Waals surface area contributed by atoms with E-state index in [0.29, 0.717) is 0 Å². The Labute approximate surface area is 109 Å². The fraction of sp³-hybridized carbons (Fsp3) is 0.467. The van der Waals surface area contributed by atoms with Gasteiger partial charge in [0.15, 0.2) is 5.78 Å². The topological polar surface area (TPSA) is 37.4 Å². The summed E-state index contributed by atoms with van der Waals surface area (Å²) in [6.45, 7) is 5.91.